The lowest BCUT2D eigenvalue weighted by Crippen LogP contribution is -2.16. The fourth-order valence-electron chi connectivity index (χ4n) is 2.18. The van der Waals surface area contributed by atoms with Gasteiger partial charge in [0.25, 0.3) is 0 Å². The third-order valence-corrected chi connectivity index (χ3v) is 3.25. The van der Waals surface area contributed by atoms with E-state index < -0.39 is 0 Å². The molecule has 2 heterocycles. The van der Waals surface area contributed by atoms with Gasteiger partial charge in [-0.2, -0.15) is 0 Å². The Morgan fingerprint density at radius 3 is 2.75 bits per heavy atom. The number of phenols is 1. The van der Waals surface area contributed by atoms with E-state index in [4.69, 9.17) is 0 Å². The molecule has 0 bridgehead atoms. The van der Waals surface area contributed by atoms with E-state index in [9.17, 15) is 5.11 Å². The first-order valence-corrected chi connectivity index (χ1v) is 6.72. The predicted octanol–water partition coefficient (Wildman–Crippen LogP) is 2.37. The van der Waals surface area contributed by atoms with E-state index in [1.54, 1.807) is 12.1 Å². The Hall–Kier alpha value is -2.33. The van der Waals surface area contributed by atoms with Gasteiger partial charge < -0.3 is 14.8 Å². The molecule has 0 saturated carbocycles. The van der Waals surface area contributed by atoms with Crippen LogP contribution < -0.4 is 5.32 Å². The second kappa shape index (κ2) is 5.75. The summed E-state index contributed by atoms with van der Waals surface area (Å²) in [6.07, 6.45) is 4.98. The minimum absolute atomic E-state index is 0.311. The zero-order valence-electron chi connectivity index (χ0n) is 11.2. The Morgan fingerprint density at radius 2 is 1.95 bits per heavy atom. The number of benzene rings is 1. The number of hydrogen-bond acceptors (Lipinski definition) is 3. The average molecular weight is 267 g/mol. The van der Waals surface area contributed by atoms with Gasteiger partial charge in [-0.05, 0) is 42.8 Å². The van der Waals surface area contributed by atoms with Crippen molar-refractivity contribution in [2.45, 2.75) is 13.0 Å². The van der Waals surface area contributed by atoms with Gasteiger partial charge in [0.05, 0.1) is 5.69 Å². The van der Waals surface area contributed by atoms with Gasteiger partial charge in [-0.1, -0.05) is 18.2 Å². The van der Waals surface area contributed by atoms with Gasteiger partial charge in [-0.3, -0.25) is 0 Å². The first-order chi connectivity index (χ1) is 9.81. The normalized spacial score (nSPS) is 11.0. The fraction of sp³-hybridized carbons (Fsp3) is 0.188. The van der Waals surface area contributed by atoms with Crippen molar-refractivity contribution in [1.29, 1.82) is 0 Å². The third kappa shape index (κ3) is 2.97. The number of aromatic nitrogens is 2. The summed E-state index contributed by atoms with van der Waals surface area (Å²) in [5.74, 6) is 0.311. The summed E-state index contributed by atoms with van der Waals surface area (Å²) in [7, 11) is 0. The van der Waals surface area contributed by atoms with Crippen LogP contribution in [0.1, 0.15) is 11.3 Å². The van der Waals surface area contributed by atoms with Gasteiger partial charge in [0.2, 0.25) is 0 Å². The summed E-state index contributed by atoms with van der Waals surface area (Å²) >= 11 is 0. The van der Waals surface area contributed by atoms with E-state index in [1.807, 2.05) is 47.1 Å². The Bertz CT molecular complexity index is 655. The van der Waals surface area contributed by atoms with Crippen LogP contribution >= 0.6 is 0 Å². The topological polar surface area (TPSA) is 49.6 Å². The summed E-state index contributed by atoms with van der Waals surface area (Å²) in [5, 5.41) is 12.6. The van der Waals surface area contributed by atoms with Crippen molar-refractivity contribution >= 4 is 5.65 Å². The van der Waals surface area contributed by atoms with Crippen LogP contribution in [0.4, 0.5) is 0 Å². The van der Waals surface area contributed by atoms with Gasteiger partial charge in [0.15, 0.2) is 0 Å². The molecule has 0 aliphatic heterocycles. The highest BCUT2D eigenvalue weighted by Crippen LogP contribution is 2.09. The fourth-order valence-corrected chi connectivity index (χ4v) is 2.18. The van der Waals surface area contributed by atoms with Crippen LogP contribution in [0.15, 0.2) is 54.9 Å². The molecule has 4 heteroatoms. The lowest BCUT2D eigenvalue weighted by molar-refractivity contribution is 0.475. The molecule has 3 aromatic rings. The molecule has 2 N–H and O–H groups in total. The van der Waals surface area contributed by atoms with Gasteiger partial charge in [0.1, 0.15) is 11.4 Å². The van der Waals surface area contributed by atoms with Gasteiger partial charge in [-0.15, -0.1) is 0 Å². The van der Waals surface area contributed by atoms with Gasteiger partial charge in [0, 0.05) is 18.9 Å². The molecular formula is C16H17N3O. The largest absolute Gasteiger partial charge is 0.508 e. The van der Waals surface area contributed by atoms with Crippen LogP contribution in [0.5, 0.6) is 5.75 Å². The highest BCUT2D eigenvalue weighted by molar-refractivity contribution is 5.39. The Morgan fingerprint density at radius 1 is 1.10 bits per heavy atom. The summed E-state index contributed by atoms with van der Waals surface area (Å²) in [6, 6.07) is 13.3. The molecule has 0 saturated heterocycles. The van der Waals surface area contributed by atoms with E-state index >= 15 is 0 Å². The van der Waals surface area contributed by atoms with Crippen molar-refractivity contribution in [2.24, 2.45) is 0 Å². The maximum atomic E-state index is 9.22. The minimum atomic E-state index is 0.311. The maximum Gasteiger partial charge on any atom is 0.137 e. The number of nitrogens with zero attached hydrogens (tertiary/aromatic N) is 2. The standard InChI is InChI=1S/C16H17N3O/c20-15-6-4-13(5-7-15)8-9-17-11-14-12-19-10-2-1-3-16(19)18-14/h1-7,10,12,17,20H,8-9,11H2. The Kier molecular flexibility index (Phi) is 3.65. The number of fused-ring (bicyclic) bond motifs is 1. The quantitative estimate of drug-likeness (QED) is 0.698. The van der Waals surface area contributed by atoms with Crippen molar-refractivity contribution in [3.8, 4) is 5.75 Å². The molecule has 1 aromatic carbocycles. The number of imidazole rings is 1. The number of nitrogens with one attached hydrogen (secondary N) is 1. The zero-order valence-corrected chi connectivity index (χ0v) is 11.2. The molecule has 0 aliphatic rings. The van der Waals surface area contributed by atoms with Gasteiger partial charge in [-0.25, -0.2) is 4.98 Å². The Balaban J connectivity index is 1.51. The predicted molar refractivity (Wildman–Crippen MR) is 78.7 cm³/mol. The van der Waals surface area contributed by atoms with Crippen molar-refractivity contribution < 1.29 is 5.11 Å². The maximum absolute atomic E-state index is 9.22. The number of phenolic OH excluding ortho intramolecular Hbond substituents is 1. The summed E-state index contributed by atoms with van der Waals surface area (Å²) in [5.41, 5.74) is 3.23. The van der Waals surface area contributed by atoms with Crippen LogP contribution in [0.25, 0.3) is 5.65 Å². The molecule has 4 nitrogen and oxygen atoms in total. The molecule has 20 heavy (non-hydrogen) atoms. The molecular weight excluding hydrogens is 250 g/mol. The molecule has 102 valence electrons. The second-order valence-electron chi connectivity index (χ2n) is 4.79. The number of aromatic hydroxyl groups is 1. The summed E-state index contributed by atoms with van der Waals surface area (Å²) in [6.45, 7) is 1.65. The molecule has 0 fully saturated rings. The molecule has 0 spiro atoms. The minimum Gasteiger partial charge on any atom is -0.508 e. The van der Waals surface area contributed by atoms with Crippen molar-refractivity contribution in [3.63, 3.8) is 0 Å². The van der Waals surface area contributed by atoms with Crippen molar-refractivity contribution in [2.75, 3.05) is 6.54 Å². The van der Waals surface area contributed by atoms with E-state index in [1.165, 1.54) is 5.56 Å². The van der Waals surface area contributed by atoms with Crippen LogP contribution in [0.3, 0.4) is 0 Å². The van der Waals surface area contributed by atoms with Crippen molar-refractivity contribution in [3.05, 3.63) is 66.1 Å². The van der Waals surface area contributed by atoms with E-state index in [2.05, 4.69) is 10.3 Å². The monoisotopic (exact) mass is 267 g/mol. The van der Waals surface area contributed by atoms with Crippen LogP contribution in [-0.2, 0) is 13.0 Å². The number of hydrogen-bond donors (Lipinski definition) is 2. The summed E-state index contributed by atoms with van der Waals surface area (Å²) < 4.78 is 2.02. The lowest BCUT2D eigenvalue weighted by Gasteiger charge is -2.03. The van der Waals surface area contributed by atoms with E-state index in [-0.39, 0.29) is 0 Å². The number of rotatable bonds is 5. The van der Waals surface area contributed by atoms with Crippen LogP contribution in [-0.4, -0.2) is 21.0 Å². The third-order valence-electron chi connectivity index (χ3n) is 3.25. The first-order valence-electron chi connectivity index (χ1n) is 6.72. The smallest absolute Gasteiger partial charge is 0.137 e. The van der Waals surface area contributed by atoms with Crippen LogP contribution in [0, 0.1) is 0 Å². The highest BCUT2D eigenvalue weighted by Gasteiger charge is 2.00. The van der Waals surface area contributed by atoms with Gasteiger partial charge >= 0.3 is 0 Å². The molecule has 0 radical (unpaired) electrons. The molecule has 3 rings (SSSR count). The van der Waals surface area contributed by atoms with E-state index in [0.717, 1.165) is 30.9 Å². The summed E-state index contributed by atoms with van der Waals surface area (Å²) in [4.78, 5) is 4.54. The highest BCUT2D eigenvalue weighted by atomic mass is 16.3. The average Bonchev–Trinajstić information content (AvgIpc) is 2.88. The second-order valence-corrected chi connectivity index (χ2v) is 4.79. The number of pyridine rings is 1. The molecule has 0 unspecified atom stereocenters. The SMILES string of the molecule is Oc1ccc(CCNCc2cn3ccccc3n2)cc1. The molecule has 2 aromatic heterocycles. The Labute approximate surface area is 117 Å². The zero-order chi connectivity index (χ0) is 13.8. The molecule has 0 aliphatic carbocycles. The van der Waals surface area contributed by atoms with Crippen molar-refractivity contribution in [1.82, 2.24) is 14.7 Å². The van der Waals surface area contributed by atoms with E-state index in [0.29, 0.717) is 5.75 Å². The first kappa shape index (κ1) is 12.7. The molecule has 0 atom stereocenters. The molecule has 0 amide bonds. The van der Waals surface area contributed by atoms with Crippen LogP contribution in [0.2, 0.25) is 0 Å². The lowest BCUT2D eigenvalue weighted by atomic mass is 10.1.